The Morgan fingerprint density at radius 1 is 1.45 bits per heavy atom. The Balaban J connectivity index is 1.88. The summed E-state index contributed by atoms with van der Waals surface area (Å²) in [4.78, 5) is 11.6. The van der Waals surface area contributed by atoms with Crippen LogP contribution in [0, 0.1) is 0 Å². The number of anilines is 1. The van der Waals surface area contributed by atoms with E-state index in [4.69, 9.17) is 10.5 Å². The number of nitrogens with two attached hydrogens (primary N) is 1. The van der Waals surface area contributed by atoms with Gasteiger partial charge >= 0.3 is 5.69 Å². The fraction of sp³-hybridized carbons (Fsp3) is 0.385. The van der Waals surface area contributed by atoms with Crippen molar-refractivity contribution in [2.24, 2.45) is 0 Å². The van der Waals surface area contributed by atoms with Gasteiger partial charge in [0.15, 0.2) is 5.16 Å². The van der Waals surface area contributed by atoms with E-state index in [1.165, 1.54) is 11.8 Å². The summed E-state index contributed by atoms with van der Waals surface area (Å²) in [5.41, 5.74) is 6.22. The van der Waals surface area contributed by atoms with Gasteiger partial charge in [0.1, 0.15) is 5.75 Å². The number of nitrogens with zero attached hydrogens (tertiary/aromatic N) is 2. The first-order valence-electron chi connectivity index (χ1n) is 6.36. The topological polar surface area (TPSA) is 85.9 Å². The minimum Gasteiger partial charge on any atom is -0.491 e. The molecule has 0 aliphatic carbocycles. The molecule has 6 nitrogen and oxygen atoms in total. The number of aromatic nitrogens is 3. The van der Waals surface area contributed by atoms with Crippen LogP contribution in [0.25, 0.3) is 0 Å². The number of benzene rings is 1. The highest BCUT2D eigenvalue weighted by Crippen LogP contribution is 2.21. The number of hydrogen-bond donors (Lipinski definition) is 2. The molecule has 0 saturated heterocycles. The molecule has 0 unspecified atom stereocenters. The molecule has 0 fully saturated rings. The number of hydrogen-bond acceptors (Lipinski definition) is 5. The second-order valence-corrected chi connectivity index (χ2v) is 5.57. The second-order valence-electron chi connectivity index (χ2n) is 4.51. The van der Waals surface area contributed by atoms with Crippen molar-refractivity contribution in [3.05, 3.63) is 34.7 Å². The lowest BCUT2D eigenvalue weighted by Crippen LogP contribution is -2.19. The number of nitrogens with one attached hydrogen (secondary N) is 1. The van der Waals surface area contributed by atoms with Gasteiger partial charge in [-0.2, -0.15) is 0 Å². The smallest absolute Gasteiger partial charge is 0.344 e. The predicted molar refractivity (Wildman–Crippen MR) is 80.3 cm³/mol. The number of nitrogen functional groups attached to an aromatic ring is 1. The fourth-order valence-electron chi connectivity index (χ4n) is 1.74. The summed E-state index contributed by atoms with van der Waals surface area (Å²) in [5.74, 6) is 1.36. The lowest BCUT2D eigenvalue weighted by molar-refractivity contribution is 0.345. The van der Waals surface area contributed by atoms with Gasteiger partial charge in [0.25, 0.3) is 0 Å². The lowest BCUT2D eigenvalue weighted by Gasteiger charge is -2.10. The van der Waals surface area contributed by atoms with Gasteiger partial charge in [-0.3, -0.25) is 4.57 Å². The van der Waals surface area contributed by atoms with Crippen molar-refractivity contribution in [3.63, 3.8) is 0 Å². The highest BCUT2D eigenvalue weighted by atomic mass is 32.2. The van der Waals surface area contributed by atoms with Crippen molar-refractivity contribution in [1.29, 1.82) is 0 Å². The third kappa shape index (κ3) is 3.36. The summed E-state index contributed by atoms with van der Waals surface area (Å²) in [6, 6.07) is 7.45. The van der Waals surface area contributed by atoms with Crippen LogP contribution in [0.4, 0.5) is 5.69 Å². The third-order valence-electron chi connectivity index (χ3n) is 2.68. The van der Waals surface area contributed by atoms with E-state index in [-0.39, 0.29) is 11.7 Å². The average molecular weight is 294 g/mol. The largest absolute Gasteiger partial charge is 0.491 e. The van der Waals surface area contributed by atoms with E-state index in [1.54, 1.807) is 10.6 Å². The molecule has 0 bridgehead atoms. The van der Waals surface area contributed by atoms with E-state index >= 15 is 0 Å². The van der Waals surface area contributed by atoms with E-state index in [0.29, 0.717) is 29.0 Å². The van der Waals surface area contributed by atoms with Gasteiger partial charge in [-0.05, 0) is 26.0 Å². The minimum atomic E-state index is -0.185. The quantitative estimate of drug-likeness (QED) is 0.483. The maximum atomic E-state index is 11.6. The summed E-state index contributed by atoms with van der Waals surface area (Å²) in [6.07, 6.45) is 0. The van der Waals surface area contributed by atoms with E-state index in [2.05, 4.69) is 10.2 Å². The summed E-state index contributed by atoms with van der Waals surface area (Å²) in [6.45, 7) is 4.39. The molecule has 2 aromatic rings. The van der Waals surface area contributed by atoms with E-state index in [0.717, 1.165) is 0 Å². The van der Waals surface area contributed by atoms with E-state index in [1.807, 2.05) is 32.0 Å². The molecular formula is C13H18N4O2S. The Labute approximate surface area is 121 Å². The number of ether oxygens (including phenoxy) is 1. The molecule has 1 heterocycles. The van der Waals surface area contributed by atoms with Crippen molar-refractivity contribution in [2.75, 3.05) is 18.1 Å². The molecule has 0 amide bonds. The molecule has 108 valence electrons. The summed E-state index contributed by atoms with van der Waals surface area (Å²) < 4.78 is 7.22. The third-order valence-corrected chi connectivity index (χ3v) is 3.60. The predicted octanol–water partition coefficient (Wildman–Crippen LogP) is 1.91. The zero-order chi connectivity index (χ0) is 14.5. The molecule has 20 heavy (non-hydrogen) atoms. The molecule has 1 aromatic heterocycles. The number of rotatable bonds is 6. The Hall–Kier alpha value is -1.89. The van der Waals surface area contributed by atoms with Crippen LogP contribution in [-0.2, 0) is 0 Å². The molecule has 0 saturated carbocycles. The van der Waals surface area contributed by atoms with Gasteiger partial charge in [-0.15, -0.1) is 5.10 Å². The fourth-order valence-corrected chi connectivity index (χ4v) is 2.64. The standard InChI is InChI=1S/C13H18N4O2S/c1-9(2)17-12(18)15-16-13(17)20-8-7-19-11-6-4-3-5-10(11)14/h3-6,9H,7-8,14H2,1-2H3,(H,15,18). The van der Waals surface area contributed by atoms with Crippen molar-refractivity contribution >= 4 is 17.4 Å². The van der Waals surface area contributed by atoms with Crippen LogP contribution >= 0.6 is 11.8 Å². The molecule has 0 spiro atoms. The maximum Gasteiger partial charge on any atom is 0.344 e. The molecule has 0 aliphatic rings. The van der Waals surface area contributed by atoms with Gasteiger partial charge in [0, 0.05) is 11.8 Å². The van der Waals surface area contributed by atoms with Crippen molar-refractivity contribution in [3.8, 4) is 5.75 Å². The van der Waals surface area contributed by atoms with Crippen LogP contribution in [0.3, 0.4) is 0 Å². The molecule has 3 N–H and O–H groups in total. The van der Waals surface area contributed by atoms with E-state index < -0.39 is 0 Å². The average Bonchev–Trinajstić information content (AvgIpc) is 2.78. The first kappa shape index (κ1) is 14.5. The minimum absolute atomic E-state index is 0.0782. The van der Waals surface area contributed by atoms with Gasteiger partial charge in [-0.25, -0.2) is 9.89 Å². The number of para-hydroxylation sites is 2. The highest BCUT2D eigenvalue weighted by molar-refractivity contribution is 7.99. The molecular weight excluding hydrogens is 276 g/mol. The summed E-state index contributed by atoms with van der Waals surface area (Å²) >= 11 is 1.48. The molecule has 0 atom stereocenters. The van der Waals surface area contributed by atoms with Gasteiger partial charge < -0.3 is 10.5 Å². The van der Waals surface area contributed by atoms with Gasteiger partial charge in [0.05, 0.1) is 12.3 Å². The van der Waals surface area contributed by atoms with Crippen LogP contribution in [0.5, 0.6) is 5.75 Å². The number of H-pyrrole nitrogens is 1. The summed E-state index contributed by atoms with van der Waals surface area (Å²) in [5, 5.41) is 7.14. The van der Waals surface area contributed by atoms with Crippen LogP contribution in [0.2, 0.25) is 0 Å². The normalized spacial score (nSPS) is 10.9. The number of thioether (sulfide) groups is 1. The monoisotopic (exact) mass is 294 g/mol. The van der Waals surface area contributed by atoms with Gasteiger partial charge in [-0.1, -0.05) is 23.9 Å². The zero-order valence-electron chi connectivity index (χ0n) is 11.5. The van der Waals surface area contributed by atoms with Crippen molar-refractivity contribution in [1.82, 2.24) is 14.8 Å². The Morgan fingerprint density at radius 3 is 2.90 bits per heavy atom. The zero-order valence-corrected chi connectivity index (χ0v) is 12.3. The van der Waals surface area contributed by atoms with Crippen molar-refractivity contribution in [2.45, 2.75) is 25.0 Å². The van der Waals surface area contributed by atoms with Crippen LogP contribution < -0.4 is 16.2 Å². The first-order valence-corrected chi connectivity index (χ1v) is 7.35. The van der Waals surface area contributed by atoms with Crippen LogP contribution in [-0.4, -0.2) is 27.1 Å². The SMILES string of the molecule is CC(C)n1c(SCCOc2ccccc2N)n[nH]c1=O. The second kappa shape index (κ2) is 6.51. The lowest BCUT2D eigenvalue weighted by atomic mass is 10.3. The number of aromatic amines is 1. The molecule has 2 rings (SSSR count). The van der Waals surface area contributed by atoms with E-state index in [9.17, 15) is 4.79 Å². The molecule has 1 aromatic carbocycles. The highest BCUT2D eigenvalue weighted by Gasteiger charge is 2.11. The molecule has 0 radical (unpaired) electrons. The molecule has 7 heteroatoms. The van der Waals surface area contributed by atoms with Crippen LogP contribution in [0.15, 0.2) is 34.2 Å². The summed E-state index contributed by atoms with van der Waals surface area (Å²) in [7, 11) is 0. The first-order chi connectivity index (χ1) is 9.59. The Bertz CT molecular complexity index is 621. The maximum absolute atomic E-state index is 11.6. The van der Waals surface area contributed by atoms with Crippen LogP contribution in [0.1, 0.15) is 19.9 Å². The van der Waals surface area contributed by atoms with Crippen molar-refractivity contribution < 1.29 is 4.74 Å². The van der Waals surface area contributed by atoms with Gasteiger partial charge in [0.2, 0.25) is 0 Å². The Morgan fingerprint density at radius 2 is 2.20 bits per heavy atom. The Kier molecular flexibility index (Phi) is 4.73. The molecule has 0 aliphatic heterocycles.